The van der Waals surface area contributed by atoms with Crippen molar-refractivity contribution in [2.45, 2.75) is 52.0 Å². The van der Waals surface area contributed by atoms with Crippen molar-refractivity contribution in [2.24, 2.45) is 5.92 Å². The molecule has 114 valence electrons. The molecule has 2 aromatic rings. The van der Waals surface area contributed by atoms with Crippen LogP contribution in [0.5, 0.6) is 0 Å². The van der Waals surface area contributed by atoms with Crippen molar-refractivity contribution >= 4 is 11.6 Å². The molecule has 2 atom stereocenters. The highest BCUT2D eigenvalue weighted by Crippen LogP contribution is 2.34. The lowest BCUT2D eigenvalue weighted by Gasteiger charge is -2.25. The van der Waals surface area contributed by atoms with E-state index < -0.39 is 0 Å². The van der Waals surface area contributed by atoms with Crippen molar-refractivity contribution in [3.05, 3.63) is 47.5 Å². The SMILES string of the molecule is CCC(C)C(c1ccccc1)c1nnc(CCl)n1C(C)C. The van der Waals surface area contributed by atoms with Gasteiger partial charge in [0.25, 0.3) is 0 Å². The van der Waals surface area contributed by atoms with E-state index in [1.54, 1.807) is 0 Å². The summed E-state index contributed by atoms with van der Waals surface area (Å²) in [5, 5.41) is 8.78. The van der Waals surface area contributed by atoms with E-state index in [1.807, 2.05) is 0 Å². The maximum Gasteiger partial charge on any atom is 0.148 e. The number of aromatic nitrogens is 3. The van der Waals surface area contributed by atoms with Crippen molar-refractivity contribution < 1.29 is 0 Å². The van der Waals surface area contributed by atoms with Crippen LogP contribution in [0.25, 0.3) is 0 Å². The lowest BCUT2D eigenvalue weighted by molar-refractivity contribution is 0.442. The van der Waals surface area contributed by atoms with Crippen molar-refractivity contribution in [3.8, 4) is 0 Å². The highest BCUT2D eigenvalue weighted by Gasteiger charge is 2.27. The summed E-state index contributed by atoms with van der Waals surface area (Å²) >= 11 is 6.03. The van der Waals surface area contributed by atoms with Gasteiger partial charge in [0.2, 0.25) is 0 Å². The van der Waals surface area contributed by atoms with E-state index in [2.05, 4.69) is 72.8 Å². The minimum absolute atomic E-state index is 0.253. The number of alkyl halides is 1. The van der Waals surface area contributed by atoms with Gasteiger partial charge in [-0.05, 0) is 25.3 Å². The third-order valence-electron chi connectivity index (χ3n) is 4.08. The van der Waals surface area contributed by atoms with Crippen LogP contribution in [0.2, 0.25) is 0 Å². The molecule has 0 aliphatic rings. The van der Waals surface area contributed by atoms with Crippen LogP contribution < -0.4 is 0 Å². The zero-order valence-corrected chi connectivity index (χ0v) is 14.0. The monoisotopic (exact) mass is 305 g/mol. The minimum Gasteiger partial charge on any atom is -0.311 e. The van der Waals surface area contributed by atoms with E-state index in [0.717, 1.165) is 18.1 Å². The van der Waals surface area contributed by atoms with E-state index in [9.17, 15) is 0 Å². The lowest BCUT2D eigenvalue weighted by Crippen LogP contribution is -2.19. The molecular formula is C17H24ClN3. The Hall–Kier alpha value is -1.35. The van der Waals surface area contributed by atoms with Crippen LogP contribution in [-0.4, -0.2) is 14.8 Å². The molecule has 2 rings (SSSR count). The first-order chi connectivity index (χ1) is 10.1. The van der Waals surface area contributed by atoms with Gasteiger partial charge in [-0.15, -0.1) is 21.8 Å². The van der Waals surface area contributed by atoms with Crippen LogP contribution in [0.1, 0.15) is 63.3 Å². The maximum absolute atomic E-state index is 6.03. The van der Waals surface area contributed by atoms with Gasteiger partial charge in [-0.25, -0.2) is 0 Å². The third-order valence-corrected chi connectivity index (χ3v) is 4.32. The average Bonchev–Trinajstić information content (AvgIpc) is 2.92. The summed E-state index contributed by atoms with van der Waals surface area (Å²) in [6, 6.07) is 10.9. The summed E-state index contributed by atoms with van der Waals surface area (Å²) in [6.07, 6.45) is 1.10. The predicted molar refractivity (Wildman–Crippen MR) is 87.7 cm³/mol. The first kappa shape index (κ1) is 16.0. The molecule has 0 aliphatic heterocycles. The van der Waals surface area contributed by atoms with Gasteiger partial charge >= 0.3 is 0 Å². The van der Waals surface area contributed by atoms with Crippen molar-refractivity contribution in [1.82, 2.24) is 14.8 Å². The molecule has 1 aromatic heterocycles. The second kappa shape index (κ2) is 7.08. The molecule has 0 spiro atoms. The number of rotatable bonds is 6. The molecule has 0 amide bonds. The molecule has 4 heteroatoms. The van der Waals surface area contributed by atoms with Crippen molar-refractivity contribution in [2.75, 3.05) is 0 Å². The Morgan fingerprint density at radius 2 is 1.76 bits per heavy atom. The summed E-state index contributed by atoms with van der Waals surface area (Å²) in [4.78, 5) is 0. The Morgan fingerprint density at radius 3 is 2.29 bits per heavy atom. The van der Waals surface area contributed by atoms with Gasteiger partial charge in [0.15, 0.2) is 0 Å². The normalized spacial score (nSPS) is 14.4. The average molecular weight is 306 g/mol. The zero-order chi connectivity index (χ0) is 15.4. The van der Waals surface area contributed by atoms with Crippen molar-refractivity contribution in [1.29, 1.82) is 0 Å². The third kappa shape index (κ3) is 3.29. The van der Waals surface area contributed by atoms with E-state index in [1.165, 1.54) is 5.56 Å². The zero-order valence-electron chi connectivity index (χ0n) is 13.3. The fourth-order valence-electron chi connectivity index (χ4n) is 2.83. The molecule has 0 aliphatic carbocycles. The Bertz CT molecular complexity index is 563. The molecule has 3 nitrogen and oxygen atoms in total. The fraction of sp³-hybridized carbons (Fsp3) is 0.529. The molecular weight excluding hydrogens is 282 g/mol. The number of nitrogens with zero attached hydrogens (tertiary/aromatic N) is 3. The molecule has 0 fully saturated rings. The largest absolute Gasteiger partial charge is 0.311 e. The molecule has 0 saturated carbocycles. The molecule has 21 heavy (non-hydrogen) atoms. The van der Waals surface area contributed by atoms with Gasteiger partial charge in [-0.2, -0.15) is 0 Å². The molecule has 0 N–H and O–H groups in total. The summed E-state index contributed by atoms with van der Waals surface area (Å²) < 4.78 is 2.19. The smallest absolute Gasteiger partial charge is 0.148 e. The van der Waals surface area contributed by atoms with Crippen LogP contribution in [-0.2, 0) is 5.88 Å². The molecule has 2 unspecified atom stereocenters. The first-order valence-electron chi connectivity index (χ1n) is 7.64. The first-order valence-corrected chi connectivity index (χ1v) is 8.18. The van der Waals surface area contributed by atoms with Crippen molar-refractivity contribution in [3.63, 3.8) is 0 Å². The fourth-order valence-corrected chi connectivity index (χ4v) is 3.01. The predicted octanol–water partition coefficient (Wildman–Crippen LogP) is 4.78. The molecule has 0 saturated heterocycles. The van der Waals surface area contributed by atoms with E-state index >= 15 is 0 Å². The number of halogens is 1. The maximum atomic E-state index is 6.03. The van der Waals surface area contributed by atoms with Crippen LogP contribution in [0, 0.1) is 5.92 Å². The summed E-state index contributed by atoms with van der Waals surface area (Å²) in [5.41, 5.74) is 1.29. The summed E-state index contributed by atoms with van der Waals surface area (Å²) in [7, 11) is 0. The molecule has 0 radical (unpaired) electrons. The summed E-state index contributed by atoms with van der Waals surface area (Å²) in [5.74, 6) is 3.03. The van der Waals surface area contributed by atoms with Gasteiger partial charge in [0.05, 0.1) is 5.88 Å². The summed E-state index contributed by atoms with van der Waals surface area (Å²) in [6.45, 7) is 8.81. The Kier molecular flexibility index (Phi) is 5.40. The van der Waals surface area contributed by atoms with Crippen LogP contribution in [0.15, 0.2) is 30.3 Å². The molecule has 0 bridgehead atoms. The Morgan fingerprint density at radius 1 is 1.10 bits per heavy atom. The number of benzene rings is 1. The molecule has 1 aromatic carbocycles. The van der Waals surface area contributed by atoms with Crippen LogP contribution in [0.3, 0.4) is 0 Å². The second-order valence-corrected chi connectivity index (χ2v) is 6.11. The van der Waals surface area contributed by atoms with E-state index in [4.69, 9.17) is 11.6 Å². The quantitative estimate of drug-likeness (QED) is 0.719. The topological polar surface area (TPSA) is 30.7 Å². The van der Waals surface area contributed by atoms with Gasteiger partial charge < -0.3 is 4.57 Å². The van der Waals surface area contributed by atoms with Gasteiger partial charge in [0, 0.05) is 12.0 Å². The lowest BCUT2D eigenvalue weighted by atomic mass is 9.84. The molecule has 1 heterocycles. The Labute approximate surface area is 132 Å². The van der Waals surface area contributed by atoms with Gasteiger partial charge in [0.1, 0.15) is 11.6 Å². The Balaban J connectivity index is 2.55. The van der Waals surface area contributed by atoms with E-state index in [0.29, 0.717) is 17.8 Å². The van der Waals surface area contributed by atoms with Crippen LogP contribution in [0.4, 0.5) is 0 Å². The van der Waals surface area contributed by atoms with Crippen LogP contribution >= 0.6 is 11.6 Å². The highest BCUT2D eigenvalue weighted by atomic mass is 35.5. The minimum atomic E-state index is 0.253. The second-order valence-electron chi connectivity index (χ2n) is 5.85. The standard InChI is InChI=1S/C17H24ClN3/c1-5-13(4)16(14-9-7-6-8-10-14)17-20-19-15(11-18)21(17)12(2)3/h6-10,12-13,16H,5,11H2,1-4H3. The number of hydrogen-bond donors (Lipinski definition) is 0. The van der Waals surface area contributed by atoms with Gasteiger partial charge in [-0.3, -0.25) is 0 Å². The van der Waals surface area contributed by atoms with E-state index in [-0.39, 0.29) is 5.92 Å². The van der Waals surface area contributed by atoms with Gasteiger partial charge in [-0.1, -0.05) is 50.6 Å². The highest BCUT2D eigenvalue weighted by molar-refractivity contribution is 6.16. The number of hydrogen-bond acceptors (Lipinski definition) is 2.